The fourth-order valence-corrected chi connectivity index (χ4v) is 3.98. The molecule has 1 aliphatic rings. The van der Waals surface area contributed by atoms with Crippen molar-refractivity contribution in [2.45, 2.75) is 32.7 Å². The first-order valence-corrected chi connectivity index (χ1v) is 11.1. The van der Waals surface area contributed by atoms with Gasteiger partial charge in [-0.3, -0.25) is 9.69 Å². The maximum Gasteiger partial charge on any atom is 0.262 e. The van der Waals surface area contributed by atoms with Crippen LogP contribution in [-0.2, 0) is 28.5 Å². The highest BCUT2D eigenvalue weighted by Crippen LogP contribution is 2.31. The molecule has 2 heterocycles. The zero-order valence-electron chi connectivity index (χ0n) is 19.4. The number of nitrogens with one attached hydrogen (secondary N) is 1. The number of carbonyl (C=O) groups is 1. The van der Waals surface area contributed by atoms with Crippen molar-refractivity contribution in [1.29, 1.82) is 0 Å². The number of aryl methyl sites for hydroxylation is 1. The standard InChI is InChI=1S/C25H32N4O3/c1-25(2,3)19-7-5-6-8-22(19)32-17-24(30)26-18-9-10-21-20(15-18)27-23(28(21)4)16-29-11-13-31-14-12-29/h5-10,15H,11-14,16-17H2,1-4H3,(H,26,30). The average Bonchev–Trinajstić information content (AvgIpc) is 3.07. The number of amides is 1. The summed E-state index contributed by atoms with van der Waals surface area (Å²) in [5.41, 5.74) is 3.65. The summed E-state index contributed by atoms with van der Waals surface area (Å²) >= 11 is 0. The molecule has 0 bridgehead atoms. The van der Waals surface area contributed by atoms with Crippen LogP contribution >= 0.6 is 0 Å². The number of para-hydroxylation sites is 1. The van der Waals surface area contributed by atoms with Gasteiger partial charge in [0.25, 0.3) is 5.91 Å². The van der Waals surface area contributed by atoms with Crippen molar-refractivity contribution in [2.75, 3.05) is 38.2 Å². The second-order valence-corrected chi connectivity index (χ2v) is 9.26. The van der Waals surface area contributed by atoms with E-state index in [1.807, 2.05) is 49.5 Å². The van der Waals surface area contributed by atoms with E-state index in [0.717, 1.165) is 61.0 Å². The van der Waals surface area contributed by atoms with Crippen LogP contribution in [0.25, 0.3) is 11.0 Å². The Bertz CT molecular complexity index is 1090. The molecule has 1 aliphatic heterocycles. The predicted molar refractivity (Wildman–Crippen MR) is 126 cm³/mol. The number of hydrogen-bond acceptors (Lipinski definition) is 5. The molecule has 0 unspecified atom stereocenters. The number of hydrogen-bond donors (Lipinski definition) is 1. The number of aromatic nitrogens is 2. The summed E-state index contributed by atoms with van der Waals surface area (Å²) in [4.78, 5) is 19.7. The van der Waals surface area contributed by atoms with Crippen molar-refractivity contribution in [1.82, 2.24) is 14.5 Å². The van der Waals surface area contributed by atoms with Crippen molar-refractivity contribution in [2.24, 2.45) is 7.05 Å². The van der Waals surface area contributed by atoms with E-state index in [9.17, 15) is 4.79 Å². The van der Waals surface area contributed by atoms with Gasteiger partial charge in [-0.05, 0) is 35.2 Å². The van der Waals surface area contributed by atoms with Gasteiger partial charge in [-0.1, -0.05) is 39.0 Å². The minimum absolute atomic E-state index is 0.0460. The van der Waals surface area contributed by atoms with Crippen LogP contribution in [0.1, 0.15) is 32.2 Å². The number of carbonyl (C=O) groups excluding carboxylic acids is 1. The van der Waals surface area contributed by atoms with Crippen LogP contribution in [0.5, 0.6) is 5.75 Å². The van der Waals surface area contributed by atoms with Crippen molar-refractivity contribution in [3.05, 3.63) is 53.9 Å². The summed E-state index contributed by atoms with van der Waals surface area (Å²) in [5.74, 6) is 1.55. The second-order valence-electron chi connectivity index (χ2n) is 9.26. The Hall–Kier alpha value is -2.90. The van der Waals surface area contributed by atoms with E-state index in [1.165, 1.54) is 0 Å². The van der Waals surface area contributed by atoms with Crippen molar-refractivity contribution < 1.29 is 14.3 Å². The third-order valence-corrected chi connectivity index (χ3v) is 5.78. The molecule has 1 N–H and O–H groups in total. The number of nitrogens with zero attached hydrogens (tertiary/aromatic N) is 3. The lowest BCUT2D eigenvalue weighted by molar-refractivity contribution is -0.118. The summed E-state index contributed by atoms with van der Waals surface area (Å²) < 4.78 is 13.4. The van der Waals surface area contributed by atoms with Crippen LogP contribution in [0.15, 0.2) is 42.5 Å². The molecule has 170 valence electrons. The van der Waals surface area contributed by atoms with E-state index < -0.39 is 0 Å². The van der Waals surface area contributed by atoms with Gasteiger partial charge in [-0.2, -0.15) is 0 Å². The normalized spacial score (nSPS) is 15.1. The fourth-order valence-electron chi connectivity index (χ4n) is 3.98. The van der Waals surface area contributed by atoms with Gasteiger partial charge in [0.05, 0.1) is 30.8 Å². The number of anilines is 1. The van der Waals surface area contributed by atoms with Gasteiger partial charge in [0.15, 0.2) is 6.61 Å². The van der Waals surface area contributed by atoms with Gasteiger partial charge in [0.2, 0.25) is 0 Å². The molecule has 1 saturated heterocycles. The van der Waals surface area contributed by atoms with Gasteiger partial charge in [-0.25, -0.2) is 4.98 Å². The number of benzene rings is 2. The largest absolute Gasteiger partial charge is 0.483 e. The number of rotatable bonds is 6. The molecule has 4 rings (SSSR count). The minimum Gasteiger partial charge on any atom is -0.483 e. The Morgan fingerprint density at radius 2 is 1.91 bits per heavy atom. The molecule has 0 saturated carbocycles. The SMILES string of the molecule is Cn1c(CN2CCOCC2)nc2cc(NC(=O)COc3ccccc3C(C)(C)C)ccc21. The molecule has 1 amide bonds. The molecule has 0 spiro atoms. The highest BCUT2D eigenvalue weighted by atomic mass is 16.5. The Kier molecular flexibility index (Phi) is 6.48. The topological polar surface area (TPSA) is 68.6 Å². The Morgan fingerprint density at radius 1 is 1.16 bits per heavy atom. The minimum atomic E-state index is -0.197. The Labute approximate surface area is 189 Å². The molecule has 32 heavy (non-hydrogen) atoms. The first kappa shape index (κ1) is 22.3. The van der Waals surface area contributed by atoms with Gasteiger partial charge in [0, 0.05) is 25.8 Å². The van der Waals surface area contributed by atoms with Crippen LogP contribution in [0.2, 0.25) is 0 Å². The quantitative estimate of drug-likeness (QED) is 0.638. The molecule has 1 aromatic heterocycles. The van der Waals surface area contributed by atoms with Crippen molar-refractivity contribution >= 4 is 22.6 Å². The summed E-state index contributed by atoms with van der Waals surface area (Å²) in [7, 11) is 2.03. The number of imidazole rings is 1. The zero-order valence-corrected chi connectivity index (χ0v) is 19.4. The lowest BCUT2D eigenvalue weighted by Gasteiger charge is -2.26. The van der Waals surface area contributed by atoms with E-state index in [4.69, 9.17) is 14.5 Å². The predicted octanol–water partition coefficient (Wildman–Crippen LogP) is 3.72. The van der Waals surface area contributed by atoms with E-state index in [1.54, 1.807) is 0 Å². The molecule has 7 heteroatoms. The fraction of sp³-hybridized carbons (Fsp3) is 0.440. The number of morpholine rings is 1. The molecule has 1 fully saturated rings. The van der Waals surface area contributed by atoms with E-state index in [0.29, 0.717) is 5.69 Å². The highest BCUT2D eigenvalue weighted by molar-refractivity contribution is 5.94. The molecule has 0 aliphatic carbocycles. The van der Waals surface area contributed by atoms with Crippen LogP contribution in [0.4, 0.5) is 5.69 Å². The third-order valence-electron chi connectivity index (χ3n) is 5.78. The zero-order chi connectivity index (χ0) is 22.7. The molecule has 0 atom stereocenters. The van der Waals surface area contributed by atoms with Gasteiger partial charge >= 0.3 is 0 Å². The maximum absolute atomic E-state index is 12.5. The summed E-state index contributed by atoms with van der Waals surface area (Å²) in [6.07, 6.45) is 0. The first-order valence-electron chi connectivity index (χ1n) is 11.1. The van der Waals surface area contributed by atoms with Gasteiger partial charge in [0.1, 0.15) is 11.6 Å². The molecular weight excluding hydrogens is 404 g/mol. The lowest BCUT2D eigenvalue weighted by atomic mass is 9.86. The molecule has 2 aromatic carbocycles. The van der Waals surface area contributed by atoms with Crippen LogP contribution in [0, 0.1) is 0 Å². The van der Waals surface area contributed by atoms with E-state index in [2.05, 4.69) is 35.6 Å². The van der Waals surface area contributed by atoms with Gasteiger partial charge < -0.3 is 19.4 Å². The molecule has 3 aromatic rings. The molecular formula is C25H32N4O3. The van der Waals surface area contributed by atoms with Crippen molar-refractivity contribution in [3.8, 4) is 5.75 Å². The average molecular weight is 437 g/mol. The monoisotopic (exact) mass is 436 g/mol. The van der Waals surface area contributed by atoms with Crippen molar-refractivity contribution in [3.63, 3.8) is 0 Å². The Balaban J connectivity index is 1.41. The third kappa shape index (κ3) is 5.11. The summed E-state index contributed by atoms with van der Waals surface area (Å²) in [6, 6.07) is 13.7. The van der Waals surface area contributed by atoms with Crippen LogP contribution in [-0.4, -0.2) is 53.3 Å². The second kappa shape index (κ2) is 9.30. The summed E-state index contributed by atoms with van der Waals surface area (Å²) in [5, 5.41) is 2.93. The number of ether oxygens (including phenoxy) is 2. The molecule has 7 nitrogen and oxygen atoms in total. The van der Waals surface area contributed by atoms with E-state index in [-0.39, 0.29) is 17.9 Å². The first-order chi connectivity index (χ1) is 15.3. The smallest absolute Gasteiger partial charge is 0.262 e. The van der Waals surface area contributed by atoms with Crippen LogP contribution < -0.4 is 10.1 Å². The number of fused-ring (bicyclic) bond motifs is 1. The lowest BCUT2D eigenvalue weighted by Crippen LogP contribution is -2.36. The highest BCUT2D eigenvalue weighted by Gasteiger charge is 2.19. The van der Waals surface area contributed by atoms with E-state index >= 15 is 0 Å². The van der Waals surface area contributed by atoms with Gasteiger partial charge in [-0.15, -0.1) is 0 Å². The maximum atomic E-state index is 12.5. The van der Waals surface area contributed by atoms with Crippen LogP contribution in [0.3, 0.4) is 0 Å². The molecule has 0 radical (unpaired) electrons. The Morgan fingerprint density at radius 3 is 2.66 bits per heavy atom. The summed E-state index contributed by atoms with van der Waals surface area (Å²) in [6.45, 7) is 10.5.